The molecule has 0 spiro atoms. The van der Waals surface area contributed by atoms with E-state index in [1.165, 1.54) is 88.2 Å². The van der Waals surface area contributed by atoms with Gasteiger partial charge in [-0.05, 0) is 145 Å². The molecule has 0 aliphatic carbocycles. The minimum Gasteiger partial charge on any atom is -0.310 e. The average Bonchev–Trinajstić information content (AvgIpc) is 3.73. The molecule has 0 saturated heterocycles. The van der Waals surface area contributed by atoms with Crippen molar-refractivity contribution in [2.75, 3.05) is 4.90 Å². The molecule has 0 bridgehead atoms. The molecule has 1 aromatic heterocycles. The van der Waals surface area contributed by atoms with Crippen molar-refractivity contribution >= 4 is 49.6 Å². The van der Waals surface area contributed by atoms with Gasteiger partial charge >= 0.3 is 0 Å². The van der Waals surface area contributed by atoms with Gasteiger partial charge in [0.05, 0.1) is 11.0 Å². The van der Waals surface area contributed by atoms with Gasteiger partial charge in [0.2, 0.25) is 0 Å². The highest BCUT2D eigenvalue weighted by Gasteiger charge is 2.17. The lowest BCUT2D eigenvalue weighted by atomic mass is 9.97. The second-order valence-corrected chi connectivity index (χ2v) is 17.0. The minimum atomic E-state index is 1.09. The van der Waals surface area contributed by atoms with Gasteiger partial charge in [0.25, 0.3) is 0 Å². The maximum atomic E-state index is 2.37. The molecular weight excluding hydrogens is 797 g/mol. The molecule has 0 atom stereocenters. The smallest absolute Gasteiger partial charge is 0.0541 e. The van der Waals surface area contributed by atoms with E-state index in [9.17, 15) is 0 Å². The van der Waals surface area contributed by atoms with Crippen LogP contribution in [0, 0.1) is 0 Å². The Labute approximate surface area is 385 Å². The molecule has 0 unspecified atom stereocenters. The van der Waals surface area contributed by atoms with Crippen LogP contribution in [0.15, 0.2) is 267 Å². The van der Waals surface area contributed by atoms with Crippen molar-refractivity contribution in [1.29, 1.82) is 0 Å². The third kappa shape index (κ3) is 7.31. The van der Waals surface area contributed by atoms with E-state index in [4.69, 9.17) is 0 Å². The minimum absolute atomic E-state index is 1.09. The van der Waals surface area contributed by atoms with E-state index < -0.39 is 0 Å². The summed E-state index contributed by atoms with van der Waals surface area (Å²) in [5, 5.41) is 5.00. The Bertz CT molecular complexity index is 3660. The van der Waals surface area contributed by atoms with Crippen LogP contribution in [0.2, 0.25) is 0 Å². The number of nitrogens with zero attached hydrogens (tertiary/aromatic N) is 2. The van der Waals surface area contributed by atoms with Crippen molar-refractivity contribution < 1.29 is 0 Å². The van der Waals surface area contributed by atoms with Gasteiger partial charge in [-0.25, -0.2) is 0 Å². The maximum Gasteiger partial charge on any atom is 0.0541 e. The molecule has 0 N–H and O–H groups in total. The summed E-state index contributed by atoms with van der Waals surface area (Å²) in [6.07, 6.45) is 0. The van der Waals surface area contributed by atoms with Gasteiger partial charge in [-0.1, -0.05) is 188 Å². The Morgan fingerprint density at radius 3 is 1.36 bits per heavy atom. The molecular formula is C64H44N2. The van der Waals surface area contributed by atoms with Crippen molar-refractivity contribution in [3.05, 3.63) is 267 Å². The van der Waals surface area contributed by atoms with Crippen LogP contribution < -0.4 is 4.90 Å². The summed E-state index contributed by atoms with van der Waals surface area (Å²) < 4.78 is 2.37. The van der Waals surface area contributed by atoms with Gasteiger partial charge in [-0.2, -0.15) is 0 Å². The Morgan fingerprint density at radius 1 is 0.227 bits per heavy atom. The summed E-state index contributed by atoms with van der Waals surface area (Å²) in [6.45, 7) is 0. The largest absolute Gasteiger partial charge is 0.310 e. The lowest BCUT2D eigenvalue weighted by Crippen LogP contribution is -2.10. The summed E-state index contributed by atoms with van der Waals surface area (Å²) in [6, 6.07) is 96.8. The van der Waals surface area contributed by atoms with Gasteiger partial charge in [0.15, 0.2) is 0 Å². The molecule has 0 amide bonds. The summed E-state index contributed by atoms with van der Waals surface area (Å²) in [5.41, 5.74) is 18.8. The molecule has 66 heavy (non-hydrogen) atoms. The van der Waals surface area contributed by atoms with Gasteiger partial charge in [0.1, 0.15) is 0 Å². The van der Waals surface area contributed by atoms with Gasteiger partial charge in [-0.15, -0.1) is 0 Å². The number of hydrogen-bond donors (Lipinski definition) is 0. The number of hydrogen-bond acceptors (Lipinski definition) is 1. The number of fused-ring (bicyclic) bond motifs is 4. The number of anilines is 3. The highest BCUT2D eigenvalue weighted by atomic mass is 15.1. The Kier molecular flexibility index (Phi) is 9.89. The van der Waals surface area contributed by atoms with E-state index in [2.05, 4.69) is 276 Å². The first-order chi connectivity index (χ1) is 32.7. The van der Waals surface area contributed by atoms with Gasteiger partial charge < -0.3 is 9.47 Å². The second kappa shape index (κ2) is 16.8. The molecule has 1 heterocycles. The highest BCUT2D eigenvalue weighted by Crippen LogP contribution is 2.40. The predicted molar refractivity (Wildman–Crippen MR) is 280 cm³/mol. The molecule has 12 rings (SSSR count). The van der Waals surface area contributed by atoms with Crippen LogP contribution in [0.4, 0.5) is 17.1 Å². The zero-order valence-corrected chi connectivity index (χ0v) is 36.3. The van der Waals surface area contributed by atoms with Crippen molar-refractivity contribution in [2.45, 2.75) is 0 Å². The maximum absolute atomic E-state index is 2.37. The van der Waals surface area contributed by atoms with E-state index in [1.807, 2.05) is 0 Å². The van der Waals surface area contributed by atoms with Crippen molar-refractivity contribution in [2.24, 2.45) is 0 Å². The molecule has 0 saturated carbocycles. The Hall–Kier alpha value is -8.72. The Morgan fingerprint density at radius 2 is 0.667 bits per heavy atom. The lowest BCUT2D eigenvalue weighted by molar-refractivity contribution is 1.18. The number of benzene rings is 11. The van der Waals surface area contributed by atoms with E-state index >= 15 is 0 Å². The van der Waals surface area contributed by atoms with Gasteiger partial charge in [0, 0.05) is 33.5 Å². The highest BCUT2D eigenvalue weighted by molar-refractivity contribution is 6.10. The summed E-state index contributed by atoms with van der Waals surface area (Å²) >= 11 is 0. The standard InChI is InChI=1S/C64H44N2/c1-3-13-45(14-4-1)47-25-27-48(28-26-47)54-19-12-22-60(43-54)65(58-36-31-49(32-37-58)52-17-11-18-53(41-52)55-30-29-46-15-7-8-16-51(46)42-55)59-38-33-50(34-39-59)56-35-40-64-62(44-56)61-23-9-10-24-63(61)66(64)57-20-5-2-6-21-57/h1-44H. The van der Waals surface area contributed by atoms with Crippen LogP contribution in [0.25, 0.3) is 93.9 Å². The summed E-state index contributed by atoms with van der Waals surface area (Å²) in [5.74, 6) is 0. The molecule has 310 valence electrons. The van der Waals surface area contributed by atoms with Crippen molar-refractivity contribution in [1.82, 2.24) is 4.57 Å². The third-order valence-electron chi connectivity index (χ3n) is 13.0. The summed E-state index contributed by atoms with van der Waals surface area (Å²) in [7, 11) is 0. The van der Waals surface area contributed by atoms with Crippen LogP contribution in [-0.2, 0) is 0 Å². The van der Waals surface area contributed by atoms with E-state index in [0.717, 1.165) is 22.7 Å². The van der Waals surface area contributed by atoms with Crippen LogP contribution in [0.5, 0.6) is 0 Å². The molecule has 11 aromatic carbocycles. The molecule has 2 heteroatoms. The average molecular weight is 841 g/mol. The van der Waals surface area contributed by atoms with Crippen LogP contribution in [-0.4, -0.2) is 4.57 Å². The second-order valence-electron chi connectivity index (χ2n) is 17.0. The fraction of sp³-hybridized carbons (Fsp3) is 0. The van der Waals surface area contributed by atoms with Crippen LogP contribution >= 0.6 is 0 Å². The topological polar surface area (TPSA) is 8.17 Å². The zero-order valence-electron chi connectivity index (χ0n) is 36.3. The predicted octanol–water partition coefficient (Wildman–Crippen LogP) is 17.7. The van der Waals surface area contributed by atoms with Crippen molar-refractivity contribution in [3.63, 3.8) is 0 Å². The fourth-order valence-corrected chi connectivity index (χ4v) is 9.62. The summed E-state index contributed by atoms with van der Waals surface area (Å²) in [4.78, 5) is 2.37. The van der Waals surface area contributed by atoms with Gasteiger partial charge in [-0.3, -0.25) is 0 Å². The SMILES string of the molecule is c1ccc(-c2ccc(-c3cccc(N(c4ccc(-c5cccc(-c6ccc7ccccc7c6)c5)cc4)c4ccc(-c5ccc6c(c5)c5ccccc5n6-c5ccccc5)cc4)c3)cc2)cc1. The molecule has 0 aliphatic heterocycles. The van der Waals surface area contributed by atoms with Crippen LogP contribution in [0.3, 0.4) is 0 Å². The van der Waals surface area contributed by atoms with E-state index in [0.29, 0.717) is 0 Å². The molecule has 0 fully saturated rings. The van der Waals surface area contributed by atoms with E-state index in [-0.39, 0.29) is 0 Å². The molecule has 0 aliphatic rings. The van der Waals surface area contributed by atoms with E-state index in [1.54, 1.807) is 0 Å². The first-order valence-corrected chi connectivity index (χ1v) is 22.7. The first-order valence-electron chi connectivity index (χ1n) is 22.7. The monoisotopic (exact) mass is 840 g/mol. The van der Waals surface area contributed by atoms with Crippen LogP contribution in [0.1, 0.15) is 0 Å². The Balaban J connectivity index is 0.910. The number of aromatic nitrogens is 1. The quantitative estimate of drug-likeness (QED) is 0.141. The number of rotatable bonds is 9. The fourth-order valence-electron chi connectivity index (χ4n) is 9.62. The molecule has 0 radical (unpaired) electrons. The third-order valence-corrected chi connectivity index (χ3v) is 13.0. The zero-order chi connectivity index (χ0) is 43.8. The molecule has 12 aromatic rings. The lowest BCUT2D eigenvalue weighted by Gasteiger charge is -2.26. The number of para-hydroxylation sites is 2. The van der Waals surface area contributed by atoms with Crippen molar-refractivity contribution in [3.8, 4) is 61.3 Å². The molecule has 2 nitrogen and oxygen atoms in total. The first kappa shape index (κ1) is 38.9. The normalized spacial score (nSPS) is 11.3.